The monoisotopic (exact) mass is 453 g/mol. The van der Waals surface area contributed by atoms with Crippen molar-refractivity contribution in [3.05, 3.63) is 94.0 Å². The lowest BCUT2D eigenvalue weighted by molar-refractivity contribution is 0.279. The van der Waals surface area contributed by atoms with E-state index in [1.165, 1.54) is 18.2 Å². The Morgan fingerprint density at radius 1 is 0.933 bits per heavy atom. The number of halogens is 4. The van der Waals surface area contributed by atoms with Crippen LogP contribution in [0.15, 0.2) is 60.7 Å². The molecule has 0 aliphatic rings. The zero-order valence-corrected chi connectivity index (χ0v) is 18.0. The smallest absolute Gasteiger partial charge is 0.161 e. The Kier molecular flexibility index (Phi) is 9.37. The zero-order chi connectivity index (χ0) is 20.6. The lowest BCUT2D eigenvalue weighted by Gasteiger charge is -2.14. The van der Waals surface area contributed by atoms with Gasteiger partial charge in [-0.05, 0) is 60.5 Å². The molecule has 0 saturated carbocycles. The summed E-state index contributed by atoms with van der Waals surface area (Å²) >= 11 is 6.04. The van der Waals surface area contributed by atoms with E-state index in [2.05, 4.69) is 5.32 Å². The van der Waals surface area contributed by atoms with Crippen molar-refractivity contribution in [3.8, 4) is 11.5 Å². The first-order chi connectivity index (χ1) is 14.1. The van der Waals surface area contributed by atoms with Crippen LogP contribution in [0.2, 0.25) is 5.02 Å². The Bertz CT molecular complexity index is 932. The molecule has 0 fully saturated rings. The number of ether oxygens (including phenoxy) is 2. The molecule has 0 radical (unpaired) electrons. The minimum Gasteiger partial charge on any atom is -0.493 e. The van der Waals surface area contributed by atoms with Crippen LogP contribution >= 0.6 is 24.0 Å². The number of nitrogens with one attached hydrogen (secondary N) is 1. The molecule has 30 heavy (non-hydrogen) atoms. The summed E-state index contributed by atoms with van der Waals surface area (Å²) in [7, 11) is 1.56. The zero-order valence-electron chi connectivity index (χ0n) is 16.5. The van der Waals surface area contributed by atoms with Crippen LogP contribution in [0.5, 0.6) is 11.5 Å². The Hall–Kier alpha value is -2.34. The molecule has 0 aliphatic carbocycles. The molecule has 3 rings (SSSR count). The highest BCUT2D eigenvalue weighted by atomic mass is 35.5. The van der Waals surface area contributed by atoms with Gasteiger partial charge < -0.3 is 14.8 Å². The van der Waals surface area contributed by atoms with Crippen LogP contribution < -0.4 is 14.8 Å². The van der Waals surface area contributed by atoms with Crippen LogP contribution in [-0.4, -0.2) is 13.7 Å². The lowest BCUT2D eigenvalue weighted by atomic mass is 10.1. The van der Waals surface area contributed by atoms with Crippen LogP contribution in [0.3, 0.4) is 0 Å². The molecular weight excluding hydrogens is 431 g/mol. The van der Waals surface area contributed by atoms with Crippen molar-refractivity contribution in [2.45, 2.75) is 19.6 Å². The van der Waals surface area contributed by atoms with Crippen molar-refractivity contribution >= 4 is 24.0 Å². The van der Waals surface area contributed by atoms with Crippen molar-refractivity contribution in [1.29, 1.82) is 0 Å². The third-order valence-electron chi connectivity index (χ3n) is 4.49. The molecule has 0 amide bonds. The van der Waals surface area contributed by atoms with Crippen LogP contribution in [0.25, 0.3) is 0 Å². The molecule has 0 spiro atoms. The second kappa shape index (κ2) is 11.7. The van der Waals surface area contributed by atoms with E-state index in [1.54, 1.807) is 37.4 Å². The first-order valence-electron chi connectivity index (χ1n) is 9.24. The Morgan fingerprint density at radius 3 is 2.37 bits per heavy atom. The molecule has 7 heteroatoms. The van der Waals surface area contributed by atoms with E-state index >= 15 is 0 Å². The molecular formula is C23H23Cl2F2NO2. The second-order valence-electron chi connectivity index (χ2n) is 6.53. The molecule has 0 aromatic heterocycles. The van der Waals surface area contributed by atoms with E-state index in [-0.39, 0.29) is 24.8 Å². The van der Waals surface area contributed by atoms with Gasteiger partial charge in [0.1, 0.15) is 18.2 Å². The summed E-state index contributed by atoms with van der Waals surface area (Å²) in [4.78, 5) is 0. The van der Waals surface area contributed by atoms with Gasteiger partial charge in [0, 0.05) is 12.1 Å². The van der Waals surface area contributed by atoms with Gasteiger partial charge in [-0.15, -0.1) is 12.4 Å². The molecule has 0 bridgehead atoms. The standard InChI is InChI=1S/C23H22ClF2NO2.ClH/c1-28-23-13-17(14-27-12-11-16-5-8-18(25)9-6-16)7-10-22(23)29-15-19-20(24)3-2-4-21(19)26;/h2-10,13,27H,11-12,14-15H2,1H3;1H. The van der Waals surface area contributed by atoms with Gasteiger partial charge in [0.2, 0.25) is 0 Å². The molecule has 0 atom stereocenters. The number of hydrogen-bond acceptors (Lipinski definition) is 3. The van der Waals surface area contributed by atoms with Crippen LogP contribution in [-0.2, 0) is 19.6 Å². The van der Waals surface area contributed by atoms with E-state index < -0.39 is 5.82 Å². The summed E-state index contributed by atoms with van der Waals surface area (Å²) in [5.74, 6) is 0.448. The fourth-order valence-corrected chi connectivity index (χ4v) is 3.10. The maximum Gasteiger partial charge on any atom is 0.161 e. The van der Waals surface area contributed by atoms with Gasteiger partial charge in [-0.3, -0.25) is 0 Å². The highest BCUT2D eigenvalue weighted by molar-refractivity contribution is 6.31. The molecule has 0 unspecified atom stereocenters. The van der Waals surface area contributed by atoms with Crippen molar-refractivity contribution < 1.29 is 18.3 Å². The molecule has 0 saturated heterocycles. The van der Waals surface area contributed by atoms with Crippen molar-refractivity contribution in [1.82, 2.24) is 5.32 Å². The van der Waals surface area contributed by atoms with Gasteiger partial charge in [0.25, 0.3) is 0 Å². The summed E-state index contributed by atoms with van der Waals surface area (Å²) in [6.45, 7) is 1.42. The Labute approximate surface area is 186 Å². The minimum atomic E-state index is -0.404. The predicted molar refractivity (Wildman–Crippen MR) is 118 cm³/mol. The molecule has 1 N–H and O–H groups in total. The van der Waals surface area contributed by atoms with Crippen LogP contribution in [0.4, 0.5) is 8.78 Å². The molecule has 3 aromatic rings. The SMILES string of the molecule is COc1cc(CNCCc2ccc(F)cc2)ccc1OCc1c(F)cccc1Cl.Cl. The Balaban J connectivity index is 0.00000320. The van der Waals surface area contributed by atoms with Gasteiger partial charge in [0.05, 0.1) is 12.1 Å². The number of methoxy groups -OCH3 is 1. The van der Waals surface area contributed by atoms with Crippen molar-refractivity contribution in [2.75, 3.05) is 13.7 Å². The fraction of sp³-hybridized carbons (Fsp3) is 0.217. The van der Waals surface area contributed by atoms with Gasteiger partial charge in [-0.25, -0.2) is 8.78 Å². The summed E-state index contributed by atoms with van der Waals surface area (Å²) < 4.78 is 38.0. The van der Waals surface area contributed by atoms with Crippen molar-refractivity contribution in [3.63, 3.8) is 0 Å². The summed E-state index contributed by atoms with van der Waals surface area (Å²) in [5.41, 5.74) is 2.41. The van der Waals surface area contributed by atoms with E-state index in [0.29, 0.717) is 28.6 Å². The summed E-state index contributed by atoms with van der Waals surface area (Å²) in [5, 5.41) is 3.68. The molecule has 160 valence electrons. The largest absolute Gasteiger partial charge is 0.493 e. The average Bonchev–Trinajstić information content (AvgIpc) is 2.72. The van der Waals surface area contributed by atoms with E-state index in [9.17, 15) is 8.78 Å². The fourth-order valence-electron chi connectivity index (χ4n) is 2.88. The van der Waals surface area contributed by atoms with E-state index in [4.69, 9.17) is 21.1 Å². The minimum absolute atomic E-state index is 0. The third kappa shape index (κ3) is 6.59. The summed E-state index contributed by atoms with van der Waals surface area (Å²) in [6.07, 6.45) is 0.808. The Morgan fingerprint density at radius 2 is 1.67 bits per heavy atom. The van der Waals surface area contributed by atoms with Gasteiger partial charge in [-0.1, -0.05) is 35.9 Å². The quantitative estimate of drug-likeness (QED) is 0.405. The average molecular weight is 454 g/mol. The summed E-state index contributed by atoms with van der Waals surface area (Å²) in [6, 6.07) is 16.6. The third-order valence-corrected chi connectivity index (χ3v) is 4.85. The number of hydrogen-bond donors (Lipinski definition) is 1. The van der Waals surface area contributed by atoms with Gasteiger partial charge in [0.15, 0.2) is 11.5 Å². The van der Waals surface area contributed by atoms with E-state index in [0.717, 1.165) is 24.1 Å². The topological polar surface area (TPSA) is 30.5 Å². The predicted octanol–water partition coefficient (Wildman–Crippen LogP) is 5.96. The van der Waals surface area contributed by atoms with Crippen LogP contribution in [0, 0.1) is 11.6 Å². The van der Waals surface area contributed by atoms with Gasteiger partial charge >= 0.3 is 0 Å². The highest BCUT2D eigenvalue weighted by Crippen LogP contribution is 2.30. The lowest BCUT2D eigenvalue weighted by Crippen LogP contribution is -2.16. The highest BCUT2D eigenvalue weighted by Gasteiger charge is 2.11. The first-order valence-corrected chi connectivity index (χ1v) is 9.62. The van der Waals surface area contributed by atoms with E-state index in [1.807, 2.05) is 12.1 Å². The van der Waals surface area contributed by atoms with Gasteiger partial charge in [-0.2, -0.15) is 0 Å². The normalized spacial score (nSPS) is 10.4. The molecule has 0 heterocycles. The van der Waals surface area contributed by atoms with Crippen LogP contribution in [0.1, 0.15) is 16.7 Å². The first kappa shape index (κ1) is 23.9. The molecule has 3 aromatic carbocycles. The molecule has 0 aliphatic heterocycles. The maximum atomic E-state index is 13.9. The van der Waals surface area contributed by atoms with Crippen molar-refractivity contribution in [2.24, 2.45) is 0 Å². The second-order valence-corrected chi connectivity index (χ2v) is 6.93. The molecule has 3 nitrogen and oxygen atoms in total. The number of rotatable bonds is 9. The maximum absolute atomic E-state index is 13.9. The number of benzene rings is 3.